The number of hydrogen-bond acceptors (Lipinski definition) is 3. The minimum Gasteiger partial charge on any atom is -0.334 e. The van der Waals surface area contributed by atoms with E-state index in [1.54, 1.807) is 0 Å². The number of nitrogens with zero attached hydrogens (tertiary/aromatic N) is 1. The molecule has 0 saturated carbocycles. The van der Waals surface area contributed by atoms with Gasteiger partial charge in [-0.1, -0.05) is 37.2 Å². The third-order valence-corrected chi connectivity index (χ3v) is 4.34. The predicted molar refractivity (Wildman–Crippen MR) is 83.2 cm³/mol. The maximum Gasteiger partial charge on any atom is 0.418 e. The molecular weight excluding hydrogens is 321 g/mol. The summed E-state index contributed by atoms with van der Waals surface area (Å²) in [5, 5.41) is 3.71. The highest BCUT2D eigenvalue weighted by molar-refractivity contribution is 8.15. The molecule has 1 aromatic rings. The predicted octanol–water partition coefficient (Wildman–Crippen LogP) is 5.29. The Hall–Kier alpha value is -0.880. The standard InChI is InChI=1S/C14H16ClF3N2S/c1-8(2)5-10-7-19-13(21-10)20-12-4-3-9(15)6-11(12)14(16,17)18/h3-4,6,8,10H,5,7H2,1-2H3,(H,19,20). The third-order valence-electron chi connectivity index (χ3n) is 2.98. The lowest BCUT2D eigenvalue weighted by Crippen LogP contribution is -2.14. The second-order valence-electron chi connectivity index (χ2n) is 5.33. The Labute approximate surface area is 131 Å². The molecule has 0 aliphatic carbocycles. The molecule has 2 rings (SSSR count). The van der Waals surface area contributed by atoms with E-state index in [1.165, 1.54) is 23.9 Å². The van der Waals surface area contributed by atoms with Crippen molar-refractivity contribution in [2.75, 3.05) is 11.9 Å². The first-order valence-electron chi connectivity index (χ1n) is 6.60. The molecule has 1 heterocycles. The van der Waals surface area contributed by atoms with Gasteiger partial charge >= 0.3 is 6.18 Å². The van der Waals surface area contributed by atoms with Crippen molar-refractivity contribution in [3.8, 4) is 0 Å². The van der Waals surface area contributed by atoms with Crippen LogP contribution in [-0.2, 0) is 6.18 Å². The first-order chi connectivity index (χ1) is 9.75. The molecule has 1 N–H and O–H groups in total. The van der Waals surface area contributed by atoms with Crippen LogP contribution in [0.4, 0.5) is 18.9 Å². The molecule has 21 heavy (non-hydrogen) atoms. The second-order valence-corrected chi connectivity index (χ2v) is 7.05. The first-order valence-corrected chi connectivity index (χ1v) is 7.86. The molecule has 0 spiro atoms. The maximum atomic E-state index is 13.0. The van der Waals surface area contributed by atoms with Crippen LogP contribution in [0.1, 0.15) is 25.8 Å². The number of thioether (sulfide) groups is 1. The molecule has 116 valence electrons. The number of amidine groups is 1. The summed E-state index contributed by atoms with van der Waals surface area (Å²) in [5.74, 6) is 0.540. The van der Waals surface area contributed by atoms with Gasteiger partial charge in [-0.2, -0.15) is 13.2 Å². The quantitative estimate of drug-likeness (QED) is 0.811. The molecule has 1 aromatic carbocycles. The lowest BCUT2D eigenvalue weighted by molar-refractivity contribution is -0.136. The van der Waals surface area contributed by atoms with E-state index in [-0.39, 0.29) is 10.7 Å². The van der Waals surface area contributed by atoms with E-state index in [9.17, 15) is 13.2 Å². The highest BCUT2D eigenvalue weighted by Gasteiger charge is 2.34. The van der Waals surface area contributed by atoms with Crippen molar-refractivity contribution >= 4 is 34.2 Å². The summed E-state index contributed by atoms with van der Waals surface area (Å²) in [7, 11) is 0. The van der Waals surface area contributed by atoms with Crippen LogP contribution in [0.5, 0.6) is 0 Å². The van der Waals surface area contributed by atoms with Gasteiger partial charge in [-0.25, -0.2) is 0 Å². The molecule has 1 atom stereocenters. The van der Waals surface area contributed by atoms with Crippen molar-refractivity contribution in [2.24, 2.45) is 10.9 Å². The van der Waals surface area contributed by atoms with E-state index in [1.807, 2.05) is 0 Å². The van der Waals surface area contributed by atoms with Crippen LogP contribution in [0.3, 0.4) is 0 Å². The molecule has 7 heteroatoms. The smallest absolute Gasteiger partial charge is 0.334 e. The maximum absolute atomic E-state index is 13.0. The van der Waals surface area contributed by atoms with Crippen LogP contribution in [0.25, 0.3) is 0 Å². The van der Waals surface area contributed by atoms with Gasteiger partial charge in [0.25, 0.3) is 0 Å². The molecule has 1 aliphatic heterocycles. The minimum absolute atomic E-state index is 0.0108. The van der Waals surface area contributed by atoms with Crippen LogP contribution < -0.4 is 5.32 Å². The van der Waals surface area contributed by atoms with Gasteiger partial charge in [0, 0.05) is 10.3 Å². The Balaban J connectivity index is 2.11. The number of benzene rings is 1. The molecule has 0 bridgehead atoms. The molecule has 1 aliphatic rings. The molecule has 0 radical (unpaired) electrons. The van der Waals surface area contributed by atoms with Gasteiger partial charge in [0.15, 0.2) is 5.17 Å². The molecule has 0 aromatic heterocycles. The summed E-state index contributed by atoms with van der Waals surface area (Å²) in [6.45, 7) is 4.87. The summed E-state index contributed by atoms with van der Waals surface area (Å²) in [6, 6.07) is 3.70. The lowest BCUT2D eigenvalue weighted by atomic mass is 10.1. The van der Waals surface area contributed by atoms with Crippen LogP contribution in [0.15, 0.2) is 23.2 Å². The normalized spacial score (nSPS) is 19.0. The van der Waals surface area contributed by atoms with Gasteiger partial charge in [-0.05, 0) is 30.5 Å². The molecule has 0 amide bonds. The van der Waals surface area contributed by atoms with E-state index >= 15 is 0 Å². The van der Waals surface area contributed by atoms with Crippen LogP contribution in [-0.4, -0.2) is 17.0 Å². The third kappa shape index (κ3) is 4.54. The Kier molecular flexibility index (Phi) is 5.09. The number of hydrogen-bond donors (Lipinski definition) is 1. The van der Waals surface area contributed by atoms with E-state index in [4.69, 9.17) is 11.6 Å². The number of aliphatic imine (C=N–C) groups is 1. The second kappa shape index (κ2) is 6.48. The summed E-state index contributed by atoms with van der Waals surface area (Å²) >= 11 is 7.15. The number of rotatable bonds is 3. The molecular formula is C14H16ClF3N2S. The average molecular weight is 337 g/mol. The highest BCUT2D eigenvalue weighted by atomic mass is 35.5. The summed E-state index contributed by atoms with van der Waals surface area (Å²) in [5.41, 5.74) is -0.783. The molecule has 2 nitrogen and oxygen atoms in total. The topological polar surface area (TPSA) is 24.4 Å². The van der Waals surface area contributed by atoms with Gasteiger partial charge in [-0.15, -0.1) is 0 Å². The molecule has 0 saturated heterocycles. The SMILES string of the molecule is CC(C)CC1CN=C(Nc2ccc(Cl)cc2C(F)(F)F)S1. The Morgan fingerprint density at radius 2 is 2.14 bits per heavy atom. The van der Waals surface area contributed by atoms with E-state index in [0.29, 0.717) is 22.9 Å². The first kappa shape index (κ1) is 16.5. The van der Waals surface area contributed by atoms with E-state index < -0.39 is 11.7 Å². The largest absolute Gasteiger partial charge is 0.418 e. The average Bonchev–Trinajstić information content (AvgIpc) is 2.76. The fourth-order valence-corrected chi connectivity index (χ4v) is 3.55. The molecule has 1 unspecified atom stereocenters. The van der Waals surface area contributed by atoms with Crippen molar-refractivity contribution < 1.29 is 13.2 Å². The van der Waals surface area contributed by atoms with Gasteiger partial charge < -0.3 is 5.32 Å². The Bertz CT molecular complexity index is 544. The number of halogens is 4. The fourth-order valence-electron chi connectivity index (χ4n) is 2.11. The van der Waals surface area contributed by atoms with Gasteiger partial charge in [0.2, 0.25) is 0 Å². The van der Waals surface area contributed by atoms with Crippen molar-refractivity contribution in [3.63, 3.8) is 0 Å². The van der Waals surface area contributed by atoms with Crippen LogP contribution >= 0.6 is 23.4 Å². The van der Waals surface area contributed by atoms with E-state index in [2.05, 4.69) is 24.2 Å². The van der Waals surface area contributed by atoms with Crippen molar-refractivity contribution in [3.05, 3.63) is 28.8 Å². The highest BCUT2D eigenvalue weighted by Crippen LogP contribution is 2.37. The number of anilines is 1. The summed E-state index contributed by atoms with van der Waals surface area (Å²) in [6.07, 6.45) is -3.46. The van der Waals surface area contributed by atoms with Crippen molar-refractivity contribution in [1.29, 1.82) is 0 Å². The van der Waals surface area contributed by atoms with Crippen molar-refractivity contribution in [1.82, 2.24) is 0 Å². The lowest BCUT2D eigenvalue weighted by Gasteiger charge is -2.15. The Morgan fingerprint density at radius 3 is 2.76 bits per heavy atom. The van der Waals surface area contributed by atoms with Crippen LogP contribution in [0.2, 0.25) is 5.02 Å². The van der Waals surface area contributed by atoms with Crippen molar-refractivity contribution in [2.45, 2.75) is 31.7 Å². The number of alkyl halides is 3. The summed E-state index contributed by atoms with van der Waals surface area (Å²) < 4.78 is 39.0. The summed E-state index contributed by atoms with van der Waals surface area (Å²) in [4.78, 5) is 4.28. The van der Waals surface area contributed by atoms with Gasteiger partial charge in [0.1, 0.15) is 0 Å². The monoisotopic (exact) mass is 336 g/mol. The minimum atomic E-state index is -4.45. The molecule has 0 fully saturated rings. The van der Waals surface area contributed by atoms with E-state index in [0.717, 1.165) is 12.5 Å². The van der Waals surface area contributed by atoms with Gasteiger partial charge in [-0.3, -0.25) is 4.99 Å². The zero-order valence-corrected chi connectivity index (χ0v) is 13.2. The number of nitrogens with one attached hydrogen (secondary N) is 1. The zero-order valence-electron chi connectivity index (χ0n) is 11.7. The Morgan fingerprint density at radius 1 is 1.43 bits per heavy atom. The fraction of sp³-hybridized carbons (Fsp3) is 0.500. The van der Waals surface area contributed by atoms with Crippen LogP contribution in [0, 0.1) is 5.92 Å². The zero-order chi connectivity index (χ0) is 15.6. The van der Waals surface area contributed by atoms with Gasteiger partial charge in [0.05, 0.1) is 17.8 Å².